The highest BCUT2D eigenvalue weighted by Crippen LogP contribution is 2.35. The van der Waals surface area contributed by atoms with Crippen LogP contribution in [-0.4, -0.2) is 12.5 Å². The average molecular weight is 489 g/mol. The maximum Gasteiger partial charge on any atom is 0.119 e. The van der Waals surface area contributed by atoms with Crippen molar-refractivity contribution in [2.24, 2.45) is 0 Å². The van der Waals surface area contributed by atoms with Crippen molar-refractivity contribution < 1.29 is 4.74 Å². The van der Waals surface area contributed by atoms with Crippen molar-refractivity contribution >= 4 is 45.3 Å². The van der Waals surface area contributed by atoms with Crippen molar-refractivity contribution in [2.45, 2.75) is 13.3 Å². The Morgan fingerprint density at radius 1 is 0.815 bits per heavy atom. The Balaban J connectivity index is 2.13. The third-order valence-electron chi connectivity index (χ3n) is 4.40. The van der Waals surface area contributed by atoms with E-state index in [2.05, 4.69) is 96.2 Å². The summed E-state index contributed by atoms with van der Waals surface area (Å²) >= 11 is 8.07. The van der Waals surface area contributed by atoms with E-state index in [1.807, 2.05) is 12.1 Å². The minimum absolute atomic E-state index is 0.490. The highest BCUT2D eigenvalue weighted by Gasteiger charge is 2.13. The first-order chi connectivity index (χ1) is 13.2. The van der Waals surface area contributed by atoms with Gasteiger partial charge in [0.2, 0.25) is 0 Å². The number of alkyl halides is 1. The molecule has 3 rings (SSSR count). The molecule has 0 aromatic heterocycles. The van der Waals surface area contributed by atoms with Gasteiger partial charge in [-0.3, -0.25) is 0 Å². The SMILES string of the molecule is CC/C(=C(/c1ccc(I)cc1)c1ccc(OCCCl)cc1)c1ccccc1. The minimum Gasteiger partial charge on any atom is -0.492 e. The molecule has 0 spiro atoms. The normalized spacial score (nSPS) is 11.8. The van der Waals surface area contributed by atoms with Gasteiger partial charge in [0.1, 0.15) is 12.4 Å². The summed E-state index contributed by atoms with van der Waals surface area (Å²) in [5.74, 6) is 1.34. The number of rotatable bonds is 7. The third-order valence-corrected chi connectivity index (χ3v) is 5.27. The summed E-state index contributed by atoms with van der Waals surface area (Å²) in [5, 5.41) is 0. The zero-order valence-corrected chi connectivity index (χ0v) is 18.2. The van der Waals surface area contributed by atoms with Crippen LogP contribution >= 0.6 is 34.2 Å². The molecule has 0 saturated heterocycles. The highest BCUT2D eigenvalue weighted by atomic mass is 127. The van der Waals surface area contributed by atoms with Crippen molar-refractivity contribution in [3.63, 3.8) is 0 Å². The maximum absolute atomic E-state index is 5.72. The van der Waals surface area contributed by atoms with Crippen LogP contribution in [0.2, 0.25) is 0 Å². The molecule has 0 aliphatic heterocycles. The fraction of sp³-hybridized carbons (Fsp3) is 0.167. The van der Waals surface area contributed by atoms with Crippen LogP contribution in [0.25, 0.3) is 11.1 Å². The predicted molar refractivity (Wildman–Crippen MR) is 124 cm³/mol. The van der Waals surface area contributed by atoms with Crippen LogP contribution in [0.3, 0.4) is 0 Å². The zero-order valence-electron chi connectivity index (χ0n) is 15.3. The molecule has 1 nitrogen and oxygen atoms in total. The average Bonchev–Trinajstić information content (AvgIpc) is 2.72. The summed E-state index contributed by atoms with van der Waals surface area (Å²) < 4.78 is 6.87. The van der Waals surface area contributed by atoms with E-state index in [0.29, 0.717) is 12.5 Å². The quantitative estimate of drug-likeness (QED) is 0.193. The first kappa shape index (κ1) is 20.0. The lowest BCUT2D eigenvalue weighted by Crippen LogP contribution is -1.99. The van der Waals surface area contributed by atoms with Crippen molar-refractivity contribution in [1.82, 2.24) is 0 Å². The molecule has 0 amide bonds. The van der Waals surface area contributed by atoms with E-state index >= 15 is 0 Å². The maximum atomic E-state index is 5.72. The summed E-state index contributed by atoms with van der Waals surface area (Å²) in [4.78, 5) is 0. The van der Waals surface area contributed by atoms with Crippen LogP contribution in [-0.2, 0) is 0 Å². The first-order valence-corrected chi connectivity index (χ1v) is 10.7. The fourth-order valence-corrected chi connectivity index (χ4v) is 3.61. The molecule has 0 N–H and O–H groups in total. The first-order valence-electron chi connectivity index (χ1n) is 9.06. The lowest BCUT2D eigenvalue weighted by atomic mass is 9.88. The van der Waals surface area contributed by atoms with E-state index in [9.17, 15) is 0 Å². The molecule has 0 fully saturated rings. The fourth-order valence-electron chi connectivity index (χ4n) is 3.17. The van der Waals surface area contributed by atoms with Crippen LogP contribution < -0.4 is 4.74 Å². The van der Waals surface area contributed by atoms with E-state index in [-0.39, 0.29) is 0 Å². The summed E-state index contributed by atoms with van der Waals surface area (Å²) in [6.07, 6.45) is 0.954. The van der Waals surface area contributed by atoms with Crippen LogP contribution in [0.5, 0.6) is 5.75 Å². The van der Waals surface area contributed by atoms with Gasteiger partial charge in [-0.15, -0.1) is 11.6 Å². The molecular formula is C24H22ClIO. The largest absolute Gasteiger partial charge is 0.492 e. The number of hydrogen-bond donors (Lipinski definition) is 0. The van der Waals surface area contributed by atoms with E-state index in [1.165, 1.54) is 31.4 Å². The second-order valence-corrected chi connectivity index (χ2v) is 7.77. The van der Waals surface area contributed by atoms with Gasteiger partial charge in [-0.2, -0.15) is 0 Å². The van der Waals surface area contributed by atoms with Crippen molar-refractivity contribution in [1.29, 1.82) is 0 Å². The van der Waals surface area contributed by atoms with Gasteiger partial charge in [-0.25, -0.2) is 0 Å². The van der Waals surface area contributed by atoms with Crippen molar-refractivity contribution in [3.8, 4) is 5.75 Å². The van der Waals surface area contributed by atoms with Crippen molar-refractivity contribution in [2.75, 3.05) is 12.5 Å². The molecule has 3 heteroatoms. The van der Waals surface area contributed by atoms with Crippen LogP contribution in [0.1, 0.15) is 30.0 Å². The van der Waals surface area contributed by atoms with Gasteiger partial charge in [-0.1, -0.05) is 61.5 Å². The van der Waals surface area contributed by atoms with Gasteiger partial charge in [0, 0.05) is 3.57 Å². The molecule has 0 saturated carbocycles. The Labute approximate surface area is 180 Å². The Morgan fingerprint density at radius 3 is 1.96 bits per heavy atom. The summed E-state index contributed by atoms with van der Waals surface area (Å²) in [6.45, 7) is 2.73. The van der Waals surface area contributed by atoms with Crippen LogP contribution in [0.15, 0.2) is 78.9 Å². The molecule has 138 valence electrons. The van der Waals surface area contributed by atoms with E-state index in [4.69, 9.17) is 16.3 Å². The molecule has 0 atom stereocenters. The van der Waals surface area contributed by atoms with E-state index in [1.54, 1.807) is 0 Å². The molecule has 0 aliphatic rings. The second kappa shape index (κ2) is 9.95. The molecule has 0 aliphatic carbocycles. The standard InChI is InChI=1S/C24H22ClIO/c1-2-23(18-6-4-3-5-7-18)24(19-8-12-21(26)13-9-19)20-10-14-22(15-11-20)27-17-16-25/h3-15H,2,16-17H2,1H3/b24-23+. The van der Waals surface area contributed by atoms with Gasteiger partial charge >= 0.3 is 0 Å². The van der Waals surface area contributed by atoms with Gasteiger partial charge in [0.15, 0.2) is 0 Å². The van der Waals surface area contributed by atoms with Crippen LogP contribution in [0.4, 0.5) is 0 Å². The highest BCUT2D eigenvalue weighted by molar-refractivity contribution is 14.1. The predicted octanol–water partition coefficient (Wildman–Crippen LogP) is 7.28. The number of hydrogen-bond acceptors (Lipinski definition) is 1. The van der Waals surface area contributed by atoms with Gasteiger partial charge in [-0.05, 0) is 81.1 Å². The van der Waals surface area contributed by atoms with Gasteiger partial charge in [0.25, 0.3) is 0 Å². The minimum atomic E-state index is 0.490. The molecule has 27 heavy (non-hydrogen) atoms. The lowest BCUT2D eigenvalue weighted by Gasteiger charge is -2.17. The number of allylic oxidation sites excluding steroid dienone is 1. The van der Waals surface area contributed by atoms with Crippen LogP contribution in [0, 0.1) is 3.57 Å². The Kier molecular flexibility index (Phi) is 7.36. The van der Waals surface area contributed by atoms with Gasteiger partial charge in [0.05, 0.1) is 5.88 Å². The molecular weight excluding hydrogens is 467 g/mol. The molecule has 0 unspecified atom stereocenters. The number of halogens is 2. The molecule has 3 aromatic rings. The molecule has 0 bridgehead atoms. The third kappa shape index (κ3) is 5.14. The molecule has 3 aromatic carbocycles. The number of benzene rings is 3. The summed E-state index contributed by atoms with van der Waals surface area (Å²) in [5.41, 5.74) is 6.28. The zero-order chi connectivity index (χ0) is 19.1. The monoisotopic (exact) mass is 488 g/mol. The molecule has 0 heterocycles. The van der Waals surface area contributed by atoms with E-state index in [0.717, 1.165) is 12.2 Å². The van der Waals surface area contributed by atoms with Gasteiger partial charge < -0.3 is 4.74 Å². The number of ether oxygens (including phenoxy) is 1. The second-order valence-electron chi connectivity index (χ2n) is 6.14. The van der Waals surface area contributed by atoms with E-state index < -0.39 is 0 Å². The Bertz CT molecular complexity index is 884. The topological polar surface area (TPSA) is 9.23 Å². The smallest absolute Gasteiger partial charge is 0.119 e. The lowest BCUT2D eigenvalue weighted by molar-refractivity contribution is 0.343. The Morgan fingerprint density at radius 2 is 1.41 bits per heavy atom. The summed E-state index contributed by atoms with van der Waals surface area (Å²) in [6, 6.07) is 27.7. The van der Waals surface area contributed by atoms with Crippen molar-refractivity contribution in [3.05, 3.63) is 99.1 Å². The molecule has 0 radical (unpaired) electrons. The summed E-state index contributed by atoms with van der Waals surface area (Å²) in [7, 11) is 0. The Hall–Kier alpha value is -1.78.